The second-order valence-corrected chi connectivity index (χ2v) is 6.94. The highest BCUT2D eigenvalue weighted by Gasteiger charge is 2.33. The van der Waals surface area contributed by atoms with Gasteiger partial charge in [0, 0.05) is 37.6 Å². The zero-order valence-electron chi connectivity index (χ0n) is 13.4. The van der Waals surface area contributed by atoms with E-state index in [2.05, 4.69) is 10.2 Å². The Kier molecular flexibility index (Phi) is 6.43. The maximum atomic E-state index is 12.1. The summed E-state index contributed by atoms with van der Waals surface area (Å²) in [5.74, 6) is 0.285. The molecule has 20 heavy (non-hydrogen) atoms. The maximum absolute atomic E-state index is 12.1. The van der Waals surface area contributed by atoms with Crippen molar-refractivity contribution < 1.29 is 9.90 Å². The van der Waals surface area contributed by atoms with E-state index in [0.717, 1.165) is 32.5 Å². The fraction of sp³-hybridized carbons (Fsp3) is 0.933. The van der Waals surface area contributed by atoms with Crippen LogP contribution in [0.3, 0.4) is 0 Å². The summed E-state index contributed by atoms with van der Waals surface area (Å²) in [6, 6.07) is 0.105. The molecule has 0 radical (unpaired) electrons. The number of aliphatic hydroxyl groups is 1. The number of amides is 1. The van der Waals surface area contributed by atoms with Crippen molar-refractivity contribution in [1.82, 2.24) is 10.2 Å². The molecule has 1 aliphatic heterocycles. The van der Waals surface area contributed by atoms with Gasteiger partial charge in [-0.05, 0) is 18.8 Å². The van der Waals surface area contributed by atoms with Crippen LogP contribution in [0.2, 0.25) is 0 Å². The second-order valence-electron chi connectivity index (χ2n) is 6.94. The van der Waals surface area contributed by atoms with Crippen LogP contribution in [0.4, 0.5) is 0 Å². The molecule has 1 aliphatic rings. The topological polar surface area (TPSA) is 78.6 Å². The van der Waals surface area contributed by atoms with Crippen molar-refractivity contribution in [1.29, 1.82) is 0 Å². The van der Waals surface area contributed by atoms with E-state index in [1.165, 1.54) is 0 Å². The molecule has 0 bridgehead atoms. The van der Waals surface area contributed by atoms with Crippen molar-refractivity contribution >= 4 is 5.91 Å². The third-order valence-corrected chi connectivity index (χ3v) is 3.98. The first kappa shape index (κ1) is 17.4. The van der Waals surface area contributed by atoms with Gasteiger partial charge in [0.1, 0.15) is 0 Å². The van der Waals surface area contributed by atoms with E-state index in [-0.39, 0.29) is 29.4 Å². The number of nitrogens with zero attached hydrogens (tertiary/aromatic N) is 1. The minimum atomic E-state index is -0.380. The highest BCUT2D eigenvalue weighted by Crippen LogP contribution is 2.23. The third-order valence-electron chi connectivity index (χ3n) is 3.98. The molecular formula is C15H31N3O2. The molecule has 5 heteroatoms. The van der Waals surface area contributed by atoms with Gasteiger partial charge in [-0.15, -0.1) is 0 Å². The summed E-state index contributed by atoms with van der Waals surface area (Å²) < 4.78 is 0. The lowest BCUT2D eigenvalue weighted by Gasteiger charge is -2.40. The van der Waals surface area contributed by atoms with Gasteiger partial charge in [0.25, 0.3) is 0 Å². The van der Waals surface area contributed by atoms with Gasteiger partial charge in [-0.2, -0.15) is 0 Å². The normalized spacial score (nSPS) is 26.3. The number of aliphatic hydroxyl groups excluding tert-OH is 1. The number of hydrogen-bond donors (Lipinski definition) is 3. The minimum Gasteiger partial charge on any atom is -0.393 e. The van der Waals surface area contributed by atoms with Crippen LogP contribution in [0, 0.1) is 11.3 Å². The first-order chi connectivity index (χ1) is 9.27. The van der Waals surface area contributed by atoms with Crippen molar-refractivity contribution in [3.63, 3.8) is 0 Å². The van der Waals surface area contributed by atoms with Crippen molar-refractivity contribution in [2.45, 2.75) is 52.7 Å². The van der Waals surface area contributed by atoms with Gasteiger partial charge >= 0.3 is 0 Å². The Bertz CT molecular complexity index is 315. The van der Waals surface area contributed by atoms with Gasteiger partial charge in [-0.25, -0.2) is 0 Å². The lowest BCUT2D eigenvalue weighted by Crippen LogP contribution is -2.55. The Morgan fingerprint density at radius 2 is 2.10 bits per heavy atom. The van der Waals surface area contributed by atoms with E-state index >= 15 is 0 Å². The standard InChI is InChI=1S/C15H31N3O2/c1-5-13(19)11-8-12(10-18(9-11)7-6-16)17-14(20)15(2,3)4/h11-13,19H,5-10,16H2,1-4H3,(H,17,20). The summed E-state index contributed by atoms with van der Waals surface area (Å²) in [5.41, 5.74) is 5.26. The molecule has 4 N–H and O–H groups in total. The average Bonchev–Trinajstić information content (AvgIpc) is 2.36. The number of carbonyl (C=O) groups is 1. The van der Waals surface area contributed by atoms with E-state index < -0.39 is 0 Å². The average molecular weight is 285 g/mol. The zero-order valence-corrected chi connectivity index (χ0v) is 13.4. The molecule has 0 aromatic rings. The van der Waals surface area contributed by atoms with E-state index in [4.69, 9.17) is 5.73 Å². The SMILES string of the molecule is CCC(O)C1CC(NC(=O)C(C)(C)C)CN(CCN)C1. The van der Waals surface area contributed by atoms with Gasteiger partial charge < -0.3 is 16.2 Å². The molecule has 3 atom stereocenters. The zero-order chi connectivity index (χ0) is 15.3. The summed E-state index contributed by atoms with van der Waals surface area (Å²) in [6.07, 6.45) is 1.29. The molecule has 3 unspecified atom stereocenters. The molecule has 1 heterocycles. The molecule has 0 saturated carbocycles. The molecule has 118 valence electrons. The van der Waals surface area contributed by atoms with Crippen LogP contribution in [-0.2, 0) is 4.79 Å². The third kappa shape index (κ3) is 5.04. The number of nitrogens with one attached hydrogen (secondary N) is 1. The van der Waals surface area contributed by atoms with Gasteiger partial charge in [0.15, 0.2) is 0 Å². The summed E-state index contributed by atoms with van der Waals surface area (Å²) in [5, 5.41) is 13.2. The van der Waals surface area contributed by atoms with Crippen LogP contribution in [0.1, 0.15) is 40.5 Å². The summed E-state index contributed by atoms with van der Waals surface area (Å²) in [7, 11) is 0. The first-order valence-corrected chi connectivity index (χ1v) is 7.69. The van der Waals surface area contributed by atoms with Crippen LogP contribution >= 0.6 is 0 Å². The monoisotopic (exact) mass is 285 g/mol. The number of likely N-dealkylation sites (tertiary alicyclic amines) is 1. The molecular weight excluding hydrogens is 254 g/mol. The Labute approximate surface area is 122 Å². The van der Waals surface area contributed by atoms with E-state index in [1.54, 1.807) is 0 Å². The Balaban J connectivity index is 2.67. The summed E-state index contributed by atoms with van der Waals surface area (Å²) in [4.78, 5) is 14.4. The fourth-order valence-corrected chi connectivity index (χ4v) is 2.72. The van der Waals surface area contributed by atoms with Crippen LogP contribution in [-0.4, -0.2) is 54.2 Å². The number of piperidine rings is 1. The Morgan fingerprint density at radius 1 is 1.45 bits per heavy atom. The molecule has 0 spiro atoms. The van der Waals surface area contributed by atoms with E-state index in [1.807, 2.05) is 27.7 Å². The molecule has 1 amide bonds. The van der Waals surface area contributed by atoms with Crippen molar-refractivity contribution in [2.75, 3.05) is 26.2 Å². The smallest absolute Gasteiger partial charge is 0.225 e. The number of rotatable bonds is 5. The van der Waals surface area contributed by atoms with Gasteiger partial charge in [0.2, 0.25) is 5.91 Å². The van der Waals surface area contributed by atoms with E-state index in [0.29, 0.717) is 6.54 Å². The summed E-state index contributed by atoms with van der Waals surface area (Å²) in [6.45, 7) is 10.9. The molecule has 0 aliphatic carbocycles. The molecule has 1 saturated heterocycles. The molecule has 1 rings (SSSR count). The largest absolute Gasteiger partial charge is 0.393 e. The number of carbonyl (C=O) groups excluding carboxylic acids is 1. The summed E-state index contributed by atoms with van der Waals surface area (Å²) >= 11 is 0. The predicted molar refractivity (Wildman–Crippen MR) is 81.3 cm³/mol. The molecule has 5 nitrogen and oxygen atoms in total. The Hall–Kier alpha value is -0.650. The lowest BCUT2D eigenvalue weighted by atomic mass is 9.87. The molecule has 1 fully saturated rings. The van der Waals surface area contributed by atoms with Crippen molar-refractivity contribution in [3.05, 3.63) is 0 Å². The maximum Gasteiger partial charge on any atom is 0.225 e. The van der Waals surface area contributed by atoms with Gasteiger partial charge in [-0.3, -0.25) is 9.69 Å². The quantitative estimate of drug-likeness (QED) is 0.690. The van der Waals surface area contributed by atoms with E-state index in [9.17, 15) is 9.90 Å². The highest BCUT2D eigenvalue weighted by molar-refractivity contribution is 5.81. The molecule has 0 aromatic heterocycles. The lowest BCUT2D eigenvalue weighted by molar-refractivity contribution is -0.130. The minimum absolute atomic E-state index is 0.0711. The van der Waals surface area contributed by atoms with Gasteiger partial charge in [-0.1, -0.05) is 27.7 Å². The first-order valence-electron chi connectivity index (χ1n) is 7.69. The fourth-order valence-electron chi connectivity index (χ4n) is 2.72. The van der Waals surface area contributed by atoms with Crippen LogP contribution in [0.5, 0.6) is 0 Å². The molecule has 0 aromatic carbocycles. The van der Waals surface area contributed by atoms with Crippen molar-refractivity contribution in [2.24, 2.45) is 17.1 Å². The predicted octanol–water partition coefficient (Wildman–Crippen LogP) is 0.569. The van der Waals surface area contributed by atoms with Crippen LogP contribution < -0.4 is 11.1 Å². The van der Waals surface area contributed by atoms with Crippen LogP contribution in [0.15, 0.2) is 0 Å². The van der Waals surface area contributed by atoms with Crippen LogP contribution in [0.25, 0.3) is 0 Å². The second kappa shape index (κ2) is 7.38. The van der Waals surface area contributed by atoms with Crippen molar-refractivity contribution in [3.8, 4) is 0 Å². The van der Waals surface area contributed by atoms with Gasteiger partial charge in [0.05, 0.1) is 6.10 Å². The number of hydrogen-bond acceptors (Lipinski definition) is 4. The highest BCUT2D eigenvalue weighted by atomic mass is 16.3. The Morgan fingerprint density at radius 3 is 2.60 bits per heavy atom. The number of nitrogens with two attached hydrogens (primary N) is 1.